The summed E-state index contributed by atoms with van der Waals surface area (Å²) in [4.78, 5) is 27.0. The number of benzene rings is 4. The predicted molar refractivity (Wildman–Crippen MR) is 215 cm³/mol. The van der Waals surface area contributed by atoms with Gasteiger partial charge >= 0.3 is 11.9 Å². The van der Waals surface area contributed by atoms with E-state index < -0.39 is 11.9 Å². The minimum atomic E-state index is -0.491. The van der Waals surface area contributed by atoms with E-state index in [1.54, 1.807) is 24.3 Å². The van der Waals surface area contributed by atoms with Crippen molar-refractivity contribution in [3.8, 4) is 34.1 Å². The van der Waals surface area contributed by atoms with Crippen LogP contribution in [-0.4, -0.2) is 49.6 Å². The number of carbonyl (C=O) groups is 2. The molecule has 0 saturated heterocycles. The molecule has 0 fully saturated rings. The maximum absolute atomic E-state index is 13.5. The lowest BCUT2D eigenvalue weighted by Crippen LogP contribution is -2.07. The van der Waals surface area contributed by atoms with Crippen molar-refractivity contribution in [1.82, 2.24) is 0 Å². The SMILES string of the molecule is COc1cc(CO)cc2c(C(=O)OCCCC/C=C/CCCCOC(=O)c3c(-c4ccc(C)cc4)oc4c(OC)cc(CO)cc34)c(-c3ccc(C)cc3)oc12. The highest BCUT2D eigenvalue weighted by molar-refractivity contribution is 6.11. The number of aryl methyl sites for hydroxylation is 2. The number of ether oxygens (including phenoxy) is 4. The van der Waals surface area contributed by atoms with Crippen LogP contribution in [0.15, 0.2) is 93.8 Å². The number of aliphatic hydroxyl groups is 2. The zero-order valence-corrected chi connectivity index (χ0v) is 32.3. The minimum absolute atomic E-state index is 0.212. The maximum Gasteiger partial charge on any atom is 0.342 e. The number of furan rings is 2. The van der Waals surface area contributed by atoms with E-state index >= 15 is 0 Å². The van der Waals surface area contributed by atoms with E-state index in [2.05, 4.69) is 12.2 Å². The first-order valence-electron chi connectivity index (χ1n) is 18.9. The Morgan fingerprint density at radius 2 is 0.982 bits per heavy atom. The van der Waals surface area contributed by atoms with Gasteiger partial charge in [-0.2, -0.15) is 0 Å². The number of fused-ring (bicyclic) bond motifs is 2. The molecule has 0 atom stereocenters. The van der Waals surface area contributed by atoms with E-state index in [1.807, 2.05) is 62.4 Å². The fraction of sp³-hybridized carbons (Fsp3) is 0.304. The molecular formula is C46H48O10. The molecule has 2 N–H and O–H groups in total. The number of aliphatic hydroxyl groups excluding tert-OH is 2. The van der Waals surface area contributed by atoms with Gasteiger partial charge in [-0.1, -0.05) is 71.8 Å². The number of methoxy groups -OCH3 is 2. The second kappa shape index (κ2) is 18.7. The van der Waals surface area contributed by atoms with Crippen molar-refractivity contribution < 1.29 is 47.6 Å². The Labute approximate surface area is 326 Å². The fourth-order valence-corrected chi connectivity index (χ4v) is 6.60. The van der Waals surface area contributed by atoms with Gasteiger partial charge in [0.25, 0.3) is 0 Å². The van der Waals surface area contributed by atoms with Gasteiger partial charge in [-0.25, -0.2) is 9.59 Å². The molecule has 6 aromatic rings. The van der Waals surface area contributed by atoms with Crippen molar-refractivity contribution in [2.45, 2.75) is 65.6 Å². The van der Waals surface area contributed by atoms with Crippen molar-refractivity contribution in [2.24, 2.45) is 0 Å². The molecule has 0 spiro atoms. The van der Waals surface area contributed by atoms with Gasteiger partial charge in [0, 0.05) is 21.9 Å². The average molecular weight is 761 g/mol. The Balaban J connectivity index is 0.976. The van der Waals surface area contributed by atoms with Gasteiger partial charge in [-0.05, 0) is 87.8 Å². The molecule has 56 heavy (non-hydrogen) atoms. The smallest absolute Gasteiger partial charge is 0.342 e. The molecular weight excluding hydrogens is 712 g/mol. The van der Waals surface area contributed by atoms with E-state index in [0.29, 0.717) is 80.1 Å². The lowest BCUT2D eigenvalue weighted by molar-refractivity contribution is 0.0491. The third-order valence-electron chi connectivity index (χ3n) is 9.63. The van der Waals surface area contributed by atoms with Crippen molar-refractivity contribution in [3.05, 3.63) is 118 Å². The van der Waals surface area contributed by atoms with Crippen LogP contribution in [0.25, 0.3) is 44.6 Å². The van der Waals surface area contributed by atoms with Gasteiger partial charge in [0.2, 0.25) is 0 Å². The highest BCUT2D eigenvalue weighted by Crippen LogP contribution is 2.41. The van der Waals surface area contributed by atoms with Crippen LogP contribution in [0.2, 0.25) is 0 Å². The third kappa shape index (κ3) is 8.99. The summed E-state index contributed by atoms with van der Waals surface area (Å²) in [6, 6.07) is 22.3. The van der Waals surface area contributed by atoms with Gasteiger partial charge in [-0.3, -0.25) is 0 Å². The standard InChI is InChI=1S/C46H48O10/c1-29-13-17-33(18-14-29)41-39(35-23-31(27-47)25-37(51-3)43(35)55-41)45(49)53-21-11-9-7-5-6-8-10-12-22-54-46(50)40-36-24-32(28-48)26-38(52-4)44(36)56-42(40)34-19-15-30(2)16-20-34/h5-6,13-20,23-26,47-48H,7-12,21-22,27-28H2,1-4H3/b6-5+. The molecule has 0 aliphatic carbocycles. The van der Waals surface area contributed by atoms with Crippen LogP contribution in [0.3, 0.4) is 0 Å². The Kier molecular flexibility index (Phi) is 13.3. The number of hydrogen-bond acceptors (Lipinski definition) is 10. The lowest BCUT2D eigenvalue weighted by Gasteiger charge is -2.07. The molecule has 0 aliphatic heterocycles. The summed E-state index contributed by atoms with van der Waals surface area (Å²) in [5, 5.41) is 20.7. The van der Waals surface area contributed by atoms with Crippen LogP contribution in [0, 0.1) is 13.8 Å². The van der Waals surface area contributed by atoms with Crippen molar-refractivity contribution in [3.63, 3.8) is 0 Å². The molecule has 0 unspecified atom stereocenters. The highest BCUT2D eigenvalue weighted by atomic mass is 16.5. The van der Waals surface area contributed by atoms with Crippen molar-refractivity contribution >= 4 is 33.9 Å². The van der Waals surface area contributed by atoms with Gasteiger partial charge in [0.15, 0.2) is 22.7 Å². The van der Waals surface area contributed by atoms with Gasteiger partial charge in [0.1, 0.15) is 22.6 Å². The summed E-state index contributed by atoms with van der Waals surface area (Å²) >= 11 is 0. The molecule has 0 bridgehead atoms. The molecule has 4 aromatic carbocycles. The molecule has 0 radical (unpaired) electrons. The zero-order chi connectivity index (χ0) is 39.6. The molecule has 2 aromatic heterocycles. The van der Waals surface area contributed by atoms with Crippen LogP contribution < -0.4 is 9.47 Å². The van der Waals surface area contributed by atoms with Gasteiger partial charge in [0.05, 0.1) is 40.6 Å². The Bertz CT molecular complexity index is 2150. The maximum atomic E-state index is 13.5. The quantitative estimate of drug-likeness (QED) is 0.0495. The number of carbonyl (C=O) groups excluding carboxylic acids is 2. The summed E-state index contributed by atoms with van der Waals surface area (Å²) in [7, 11) is 3.04. The minimum Gasteiger partial charge on any atom is -0.493 e. The molecule has 6 rings (SSSR count). The van der Waals surface area contributed by atoms with Crippen LogP contribution in [0.1, 0.15) is 81.5 Å². The van der Waals surface area contributed by atoms with Gasteiger partial charge < -0.3 is 38.0 Å². The van der Waals surface area contributed by atoms with E-state index in [4.69, 9.17) is 27.8 Å². The summed E-state index contributed by atoms with van der Waals surface area (Å²) in [6.07, 6.45) is 8.96. The monoisotopic (exact) mass is 760 g/mol. The molecule has 2 heterocycles. The Morgan fingerprint density at radius 1 is 0.589 bits per heavy atom. The first-order chi connectivity index (χ1) is 27.3. The van der Waals surface area contributed by atoms with E-state index in [9.17, 15) is 19.8 Å². The number of rotatable bonds is 18. The topological polar surface area (TPSA) is 138 Å². The average Bonchev–Trinajstić information content (AvgIpc) is 3.80. The number of hydrogen-bond donors (Lipinski definition) is 2. The summed E-state index contributed by atoms with van der Waals surface area (Å²) in [5.41, 5.74) is 6.31. The summed E-state index contributed by atoms with van der Waals surface area (Å²) < 4.78 is 34.9. The molecule has 10 nitrogen and oxygen atoms in total. The second-order valence-electron chi connectivity index (χ2n) is 13.7. The number of unbranched alkanes of at least 4 members (excludes halogenated alkanes) is 4. The highest BCUT2D eigenvalue weighted by Gasteiger charge is 2.27. The molecule has 0 aliphatic rings. The van der Waals surface area contributed by atoms with Crippen LogP contribution in [0.5, 0.6) is 11.5 Å². The predicted octanol–water partition coefficient (Wildman–Crippen LogP) is 10.0. The normalized spacial score (nSPS) is 11.5. The first-order valence-corrected chi connectivity index (χ1v) is 18.9. The van der Waals surface area contributed by atoms with Crippen molar-refractivity contribution in [2.75, 3.05) is 27.4 Å². The van der Waals surface area contributed by atoms with Gasteiger partial charge in [-0.15, -0.1) is 0 Å². The fourth-order valence-electron chi connectivity index (χ4n) is 6.60. The molecule has 0 amide bonds. The van der Waals surface area contributed by atoms with E-state index in [1.165, 1.54) is 14.2 Å². The number of esters is 2. The summed E-state index contributed by atoms with van der Waals surface area (Å²) in [6.45, 7) is 4.06. The van der Waals surface area contributed by atoms with Crippen LogP contribution >= 0.6 is 0 Å². The lowest BCUT2D eigenvalue weighted by atomic mass is 10.0. The molecule has 292 valence electrons. The Hall–Kier alpha value is -5.84. The van der Waals surface area contributed by atoms with Crippen LogP contribution in [-0.2, 0) is 22.7 Å². The second-order valence-corrected chi connectivity index (χ2v) is 13.7. The zero-order valence-electron chi connectivity index (χ0n) is 32.3. The molecule has 0 saturated carbocycles. The summed E-state index contributed by atoms with van der Waals surface area (Å²) in [5.74, 6) is 0.679. The first kappa shape index (κ1) is 39.8. The Morgan fingerprint density at radius 3 is 1.34 bits per heavy atom. The van der Waals surface area contributed by atoms with E-state index in [0.717, 1.165) is 47.9 Å². The molecule has 10 heteroatoms. The third-order valence-corrected chi connectivity index (χ3v) is 9.63. The largest absolute Gasteiger partial charge is 0.493 e. The van der Waals surface area contributed by atoms with E-state index in [-0.39, 0.29) is 26.4 Å². The van der Waals surface area contributed by atoms with Crippen molar-refractivity contribution in [1.29, 1.82) is 0 Å². The number of allylic oxidation sites excluding steroid dienone is 2. The van der Waals surface area contributed by atoms with Crippen LogP contribution in [0.4, 0.5) is 0 Å².